The molecular formula is C15H23NO8. The second kappa shape index (κ2) is 11.5. The molecule has 2 amide bonds. The third-order valence-corrected chi connectivity index (χ3v) is 3.00. The van der Waals surface area contributed by atoms with Crippen LogP contribution in [0.4, 0.5) is 0 Å². The first-order chi connectivity index (χ1) is 11.5. The number of hydrogen-bond acceptors (Lipinski definition) is 8. The van der Waals surface area contributed by atoms with E-state index in [0.29, 0.717) is 24.9 Å². The smallest absolute Gasteiger partial charge is 0.333 e. The normalized spacial score (nSPS) is 14.1. The second-order valence-corrected chi connectivity index (χ2v) is 4.93. The van der Waals surface area contributed by atoms with Gasteiger partial charge in [0.15, 0.2) is 0 Å². The molecule has 0 spiro atoms. The van der Waals surface area contributed by atoms with Gasteiger partial charge in [-0.3, -0.25) is 14.4 Å². The van der Waals surface area contributed by atoms with E-state index in [0.717, 1.165) is 6.42 Å². The zero-order chi connectivity index (χ0) is 17.8. The number of nitrogens with zero attached hydrogens (tertiary/aromatic N) is 1. The van der Waals surface area contributed by atoms with E-state index in [1.165, 1.54) is 0 Å². The summed E-state index contributed by atoms with van der Waals surface area (Å²) in [6, 6.07) is 0. The lowest BCUT2D eigenvalue weighted by molar-refractivity contribution is -0.197. The van der Waals surface area contributed by atoms with Crippen molar-refractivity contribution in [2.45, 2.75) is 39.0 Å². The van der Waals surface area contributed by atoms with Crippen molar-refractivity contribution in [2.75, 3.05) is 33.0 Å². The summed E-state index contributed by atoms with van der Waals surface area (Å²) in [4.78, 5) is 50.1. The first-order valence-electron chi connectivity index (χ1n) is 7.92. The standard InChI is InChI=1S/C15H23NO8/c1-2-21-8-3-9-22-10-11-23-14(19)6-7-15(20)24-16-12(17)4-5-13(16)18/h2-11H2,1H3. The molecule has 0 unspecified atom stereocenters. The second-order valence-electron chi connectivity index (χ2n) is 4.93. The van der Waals surface area contributed by atoms with E-state index in [1.54, 1.807) is 0 Å². The fourth-order valence-electron chi connectivity index (χ4n) is 1.81. The van der Waals surface area contributed by atoms with Crippen molar-refractivity contribution in [3.8, 4) is 0 Å². The van der Waals surface area contributed by atoms with Gasteiger partial charge in [-0.2, -0.15) is 0 Å². The summed E-state index contributed by atoms with van der Waals surface area (Å²) in [6.45, 7) is 4.07. The molecule has 1 rings (SSSR count). The first kappa shape index (κ1) is 20.0. The van der Waals surface area contributed by atoms with Gasteiger partial charge in [0.25, 0.3) is 11.8 Å². The van der Waals surface area contributed by atoms with Crippen molar-refractivity contribution in [2.24, 2.45) is 0 Å². The van der Waals surface area contributed by atoms with Crippen LogP contribution in [0.25, 0.3) is 0 Å². The summed E-state index contributed by atoms with van der Waals surface area (Å²) in [5, 5.41) is 0.448. The molecule has 0 radical (unpaired) electrons. The van der Waals surface area contributed by atoms with Crippen LogP contribution in [0.5, 0.6) is 0 Å². The van der Waals surface area contributed by atoms with Gasteiger partial charge < -0.3 is 19.0 Å². The number of ether oxygens (including phenoxy) is 3. The maximum absolute atomic E-state index is 11.5. The van der Waals surface area contributed by atoms with Gasteiger partial charge in [-0.15, -0.1) is 5.06 Å². The molecule has 0 aromatic carbocycles. The van der Waals surface area contributed by atoms with E-state index in [2.05, 4.69) is 4.84 Å². The van der Waals surface area contributed by atoms with E-state index < -0.39 is 23.8 Å². The van der Waals surface area contributed by atoms with E-state index in [4.69, 9.17) is 14.2 Å². The average Bonchev–Trinajstić information content (AvgIpc) is 2.87. The number of rotatable bonds is 12. The van der Waals surface area contributed by atoms with Gasteiger partial charge in [0.05, 0.1) is 19.4 Å². The molecule has 0 aliphatic carbocycles. The summed E-state index contributed by atoms with van der Waals surface area (Å²) < 4.78 is 15.3. The van der Waals surface area contributed by atoms with Gasteiger partial charge in [-0.25, -0.2) is 4.79 Å². The molecule has 0 aromatic rings. The van der Waals surface area contributed by atoms with Crippen molar-refractivity contribution in [3.63, 3.8) is 0 Å². The largest absolute Gasteiger partial charge is 0.463 e. The maximum atomic E-state index is 11.5. The van der Waals surface area contributed by atoms with E-state index in [9.17, 15) is 19.2 Å². The number of carbonyl (C=O) groups is 4. The molecule has 0 saturated carbocycles. The Balaban J connectivity index is 2.02. The molecule has 9 heteroatoms. The van der Waals surface area contributed by atoms with Crippen LogP contribution in [-0.4, -0.2) is 61.9 Å². The quantitative estimate of drug-likeness (QED) is 0.283. The van der Waals surface area contributed by atoms with Crippen molar-refractivity contribution in [1.29, 1.82) is 0 Å². The number of amides is 2. The highest BCUT2D eigenvalue weighted by Crippen LogP contribution is 2.13. The lowest BCUT2D eigenvalue weighted by atomic mass is 10.3. The zero-order valence-corrected chi connectivity index (χ0v) is 13.8. The number of carbonyl (C=O) groups excluding carboxylic acids is 4. The number of esters is 1. The highest BCUT2D eigenvalue weighted by Gasteiger charge is 2.32. The Hall–Kier alpha value is -2.00. The van der Waals surface area contributed by atoms with Crippen molar-refractivity contribution in [3.05, 3.63) is 0 Å². The summed E-state index contributed by atoms with van der Waals surface area (Å²) in [5.41, 5.74) is 0. The van der Waals surface area contributed by atoms with Crippen LogP contribution in [-0.2, 0) is 38.2 Å². The van der Waals surface area contributed by atoms with E-state index in [1.807, 2.05) is 6.92 Å². The number of hydroxylamine groups is 2. The Morgan fingerprint density at radius 2 is 1.54 bits per heavy atom. The number of hydrogen-bond donors (Lipinski definition) is 0. The Bertz CT molecular complexity index is 435. The molecule has 1 heterocycles. The van der Waals surface area contributed by atoms with Gasteiger partial charge in [0.1, 0.15) is 6.61 Å². The third-order valence-electron chi connectivity index (χ3n) is 3.00. The monoisotopic (exact) mass is 345 g/mol. The molecule has 136 valence electrons. The van der Waals surface area contributed by atoms with Crippen LogP contribution in [0.2, 0.25) is 0 Å². The molecule has 0 N–H and O–H groups in total. The van der Waals surface area contributed by atoms with E-state index >= 15 is 0 Å². The van der Waals surface area contributed by atoms with Gasteiger partial charge >= 0.3 is 11.9 Å². The minimum absolute atomic E-state index is 0.0265. The number of imide groups is 1. The van der Waals surface area contributed by atoms with Crippen LogP contribution in [0.1, 0.15) is 39.0 Å². The van der Waals surface area contributed by atoms with Crippen LogP contribution in [0.3, 0.4) is 0 Å². The zero-order valence-electron chi connectivity index (χ0n) is 13.8. The minimum Gasteiger partial charge on any atom is -0.463 e. The molecular weight excluding hydrogens is 322 g/mol. The van der Waals surface area contributed by atoms with Crippen molar-refractivity contribution < 1.29 is 38.2 Å². The molecule has 0 aromatic heterocycles. The lowest BCUT2D eigenvalue weighted by Gasteiger charge is -2.12. The summed E-state index contributed by atoms with van der Waals surface area (Å²) in [7, 11) is 0. The molecule has 1 aliphatic heterocycles. The molecule has 0 bridgehead atoms. The average molecular weight is 345 g/mol. The third kappa shape index (κ3) is 8.02. The molecule has 0 atom stereocenters. The van der Waals surface area contributed by atoms with Crippen LogP contribution in [0, 0.1) is 0 Å². The summed E-state index contributed by atoms with van der Waals surface area (Å²) in [5.74, 6) is -2.53. The summed E-state index contributed by atoms with van der Waals surface area (Å²) in [6.07, 6.45) is 0.351. The molecule has 9 nitrogen and oxygen atoms in total. The fraction of sp³-hybridized carbons (Fsp3) is 0.733. The predicted molar refractivity (Wildman–Crippen MR) is 79.3 cm³/mol. The topological polar surface area (TPSA) is 108 Å². The molecule has 1 fully saturated rings. The van der Waals surface area contributed by atoms with E-state index in [-0.39, 0.29) is 38.9 Å². The van der Waals surface area contributed by atoms with Crippen LogP contribution >= 0.6 is 0 Å². The van der Waals surface area contributed by atoms with Crippen LogP contribution in [0.15, 0.2) is 0 Å². The first-order valence-corrected chi connectivity index (χ1v) is 7.92. The highest BCUT2D eigenvalue weighted by molar-refractivity contribution is 6.01. The molecule has 1 saturated heterocycles. The van der Waals surface area contributed by atoms with Gasteiger partial charge in [0, 0.05) is 32.7 Å². The van der Waals surface area contributed by atoms with Crippen LogP contribution < -0.4 is 0 Å². The van der Waals surface area contributed by atoms with Crippen molar-refractivity contribution in [1.82, 2.24) is 5.06 Å². The maximum Gasteiger partial charge on any atom is 0.333 e. The fourth-order valence-corrected chi connectivity index (χ4v) is 1.81. The van der Waals surface area contributed by atoms with Gasteiger partial charge in [-0.05, 0) is 13.3 Å². The highest BCUT2D eigenvalue weighted by atomic mass is 16.7. The molecule has 24 heavy (non-hydrogen) atoms. The molecule has 1 aliphatic rings. The van der Waals surface area contributed by atoms with Gasteiger partial charge in [-0.1, -0.05) is 0 Å². The summed E-state index contributed by atoms with van der Waals surface area (Å²) >= 11 is 0. The SMILES string of the molecule is CCOCCCOCCOC(=O)CCC(=O)ON1C(=O)CCC1=O. The Morgan fingerprint density at radius 3 is 2.21 bits per heavy atom. The Labute approximate surface area is 140 Å². The Kier molecular flexibility index (Phi) is 9.62. The lowest BCUT2D eigenvalue weighted by Crippen LogP contribution is -2.32. The van der Waals surface area contributed by atoms with Crippen molar-refractivity contribution >= 4 is 23.8 Å². The predicted octanol–water partition coefficient (Wildman–Crippen LogP) is 0.360. The minimum atomic E-state index is -0.831. The Morgan fingerprint density at radius 1 is 0.917 bits per heavy atom. The van der Waals surface area contributed by atoms with Gasteiger partial charge in [0.2, 0.25) is 0 Å².